The lowest BCUT2D eigenvalue weighted by molar-refractivity contribution is -0.141. The maximum absolute atomic E-state index is 12.3. The number of esters is 1. The zero-order valence-corrected chi connectivity index (χ0v) is 20.4. The average molecular weight is 485 g/mol. The van der Waals surface area contributed by atoms with E-state index in [-0.39, 0.29) is 21.9 Å². The predicted octanol–water partition coefficient (Wildman–Crippen LogP) is 4.59. The average Bonchev–Trinajstić information content (AvgIpc) is 3.07. The molecule has 0 spiro atoms. The topological polar surface area (TPSA) is 35.5 Å². The highest BCUT2D eigenvalue weighted by Crippen LogP contribution is 2.47. The largest absolute Gasteiger partial charge is 0.460 e. The molecule has 0 radical (unpaired) electrons. The fourth-order valence-corrected chi connectivity index (χ4v) is 10.5. The number of halogens is 1. The van der Waals surface area contributed by atoms with Crippen molar-refractivity contribution >= 4 is 40.6 Å². The molecule has 0 N–H and O–H groups in total. The second-order valence-electron chi connectivity index (χ2n) is 9.43. The van der Waals surface area contributed by atoms with Crippen molar-refractivity contribution in [1.29, 1.82) is 0 Å². The van der Waals surface area contributed by atoms with Crippen LogP contribution in [0.15, 0.2) is 72.8 Å². The Morgan fingerprint density at radius 1 is 1.07 bits per heavy atom. The molecule has 0 saturated carbocycles. The third kappa shape index (κ3) is 3.61. The molecule has 0 aromatic heterocycles. The zero-order chi connectivity index (χ0) is 21.4. The number of hydrogen-bond acceptors (Lipinski definition) is 3. The van der Waals surface area contributed by atoms with Crippen LogP contribution in [-0.4, -0.2) is 31.8 Å². The van der Waals surface area contributed by atoms with E-state index in [0.717, 1.165) is 6.42 Å². The summed E-state index contributed by atoms with van der Waals surface area (Å²) in [6, 6.07) is 21.2. The van der Waals surface area contributed by atoms with Crippen molar-refractivity contribution in [3.63, 3.8) is 0 Å². The van der Waals surface area contributed by atoms with Gasteiger partial charge in [-0.2, -0.15) is 0 Å². The van der Waals surface area contributed by atoms with Gasteiger partial charge in [0.05, 0.1) is 16.7 Å². The van der Waals surface area contributed by atoms with Gasteiger partial charge in [-0.05, 0) is 21.8 Å². The summed E-state index contributed by atoms with van der Waals surface area (Å²) in [5, 5.41) is 2.39. The Hall–Kier alpha value is -1.69. The molecule has 2 aliphatic rings. The third-order valence-electron chi connectivity index (χ3n) is 6.41. The monoisotopic (exact) mass is 484 g/mol. The molecule has 1 aliphatic carbocycles. The first-order valence-corrected chi connectivity index (χ1v) is 13.4. The van der Waals surface area contributed by atoms with Crippen LogP contribution in [0.5, 0.6) is 0 Å². The number of alkyl halides is 1. The SMILES string of the molecule is CC(C)(C)[Si](OC[C@]12C=CC[C@H](Br)[C@H]1OC(=O)C2)(c1ccccc1)c1ccccc1. The molecule has 4 rings (SSSR count). The van der Waals surface area contributed by atoms with Crippen LogP contribution in [-0.2, 0) is 14.0 Å². The van der Waals surface area contributed by atoms with Crippen LogP contribution in [0.2, 0.25) is 5.04 Å². The summed E-state index contributed by atoms with van der Waals surface area (Å²) in [7, 11) is -2.66. The van der Waals surface area contributed by atoms with E-state index in [2.05, 4.69) is 97.4 Å². The Balaban J connectivity index is 1.81. The lowest BCUT2D eigenvalue weighted by Gasteiger charge is -2.46. The van der Waals surface area contributed by atoms with Crippen LogP contribution >= 0.6 is 15.9 Å². The van der Waals surface area contributed by atoms with Crippen LogP contribution in [0.25, 0.3) is 0 Å². The molecule has 0 unspecified atom stereocenters. The number of allylic oxidation sites excluding steroid dienone is 1. The van der Waals surface area contributed by atoms with Gasteiger partial charge in [0.1, 0.15) is 6.10 Å². The molecule has 5 heteroatoms. The first kappa shape index (κ1) is 21.5. The Morgan fingerprint density at radius 2 is 1.63 bits per heavy atom. The molecule has 2 aromatic carbocycles. The molecule has 0 amide bonds. The van der Waals surface area contributed by atoms with Crippen molar-refractivity contribution in [1.82, 2.24) is 0 Å². The Kier molecular flexibility index (Phi) is 5.81. The van der Waals surface area contributed by atoms with E-state index in [1.54, 1.807) is 0 Å². The van der Waals surface area contributed by atoms with Gasteiger partial charge in [0, 0.05) is 6.61 Å². The molecule has 30 heavy (non-hydrogen) atoms. The summed E-state index contributed by atoms with van der Waals surface area (Å²) < 4.78 is 12.9. The predicted molar refractivity (Wildman–Crippen MR) is 127 cm³/mol. The second kappa shape index (κ2) is 8.10. The number of fused-ring (bicyclic) bond motifs is 1. The second-order valence-corrected chi connectivity index (χ2v) is 14.9. The first-order valence-electron chi connectivity index (χ1n) is 10.5. The van der Waals surface area contributed by atoms with E-state index >= 15 is 0 Å². The first-order chi connectivity index (χ1) is 14.3. The van der Waals surface area contributed by atoms with E-state index in [0.29, 0.717) is 13.0 Å². The molecule has 158 valence electrons. The Labute approximate surface area is 188 Å². The van der Waals surface area contributed by atoms with Crippen LogP contribution in [0.1, 0.15) is 33.6 Å². The molecule has 3 nitrogen and oxygen atoms in total. The molecule has 0 bridgehead atoms. The van der Waals surface area contributed by atoms with Gasteiger partial charge in [0.2, 0.25) is 0 Å². The number of benzene rings is 2. The molecule has 2 aromatic rings. The summed E-state index contributed by atoms with van der Waals surface area (Å²) >= 11 is 3.74. The molecular weight excluding hydrogens is 456 g/mol. The summed E-state index contributed by atoms with van der Waals surface area (Å²) in [5.74, 6) is -0.137. The quantitative estimate of drug-likeness (QED) is 0.269. The van der Waals surface area contributed by atoms with E-state index < -0.39 is 13.7 Å². The van der Waals surface area contributed by atoms with E-state index in [9.17, 15) is 4.79 Å². The van der Waals surface area contributed by atoms with Gasteiger partial charge < -0.3 is 9.16 Å². The minimum Gasteiger partial charge on any atom is -0.460 e. The van der Waals surface area contributed by atoms with Gasteiger partial charge in [-0.25, -0.2) is 0 Å². The van der Waals surface area contributed by atoms with Gasteiger partial charge in [0.25, 0.3) is 8.32 Å². The van der Waals surface area contributed by atoms with Crippen molar-refractivity contribution in [2.75, 3.05) is 6.61 Å². The van der Waals surface area contributed by atoms with E-state index in [1.807, 2.05) is 12.1 Å². The highest BCUT2D eigenvalue weighted by atomic mass is 79.9. The minimum absolute atomic E-state index is 0.0997. The van der Waals surface area contributed by atoms with Crippen LogP contribution in [0.3, 0.4) is 0 Å². The Bertz CT molecular complexity index is 883. The highest BCUT2D eigenvalue weighted by molar-refractivity contribution is 9.09. The lowest BCUT2D eigenvalue weighted by Crippen LogP contribution is -2.67. The van der Waals surface area contributed by atoms with Gasteiger partial charge in [0.15, 0.2) is 0 Å². The van der Waals surface area contributed by atoms with Crippen LogP contribution in [0.4, 0.5) is 0 Å². The molecule has 3 atom stereocenters. The van der Waals surface area contributed by atoms with Crippen molar-refractivity contribution in [2.24, 2.45) is 5.41 Å². The third-order valence-corrected chi connectivity index (χ3v) is 12.2. The van der Waals surface area contributed by atoms with Gasteiger partial charge in [-0.3, -0.25) is 4.79 Å². The molecule has 1 heterocycles. The van der Waals surface area contributed by atoms with E-state index in [4.69, 9.17) is 9.16 Å². The number of carbonyl (C=O) groups excluding carboxylic acids is 1. The van der Waals surface area contributed by atoms with Crippen molar-refractivity contribution in [3.05, 3.63) is 72.8 Å². The summed E-state index contributed by atoms with van der Waals surface area (Å²) in [4.78, 5) is 12.4. The van der Waals surface area contributed by atoms with Gasteiger partial charge in [-0.15, -0.1) is 0 Å². The minimum atomic E-state index is -2.66. The van der Waals surface area contributed by atoms with Crippen LogP contribution in [0, 0.1) is 5.41 Å². The highest BCUT2D eigenvalue weighted by Gasteiger charge is 2.56. The maximum Gasteiger partial charge on any atom is 0.307 e. The summed E-state index contributed by atoms with van der Waals surface area (Å²) in [6.07, 6.45) is 5.37. The smallest absolute Gasteiger partial charge is 0.307 e. The normalized spacial score (nSPS) is 26.3. The standard InChI is InChI=1S/C25H29BrO3Si/c1-24(2,3)30(19-11-6-4-7-12-19,20-13-8-5-9-14-20)28-18-25-16-10-15-21(26)23(25)29-22(27)17-25/h4-14,16,21,23H,15,17-18H2,1-3H3/t21-,23+,25+/m0/s1. The van der Waals surface area contributed by atoms with Gasteiger partial charge in [-0.1, -0.05) is 110 Å². The lowest BCUT2D eigenvalue weighted by atomic mass is 9.76. The maximum atomic E-state index is 12.3. The van der Waals surface area contributed by atoms with Crippen molar-refractivity contribution in [3.8, 4) is 0 Å². The fourth-order valence-electron chi connectivity index (χ4n) is 5.00. The number of rotatable bonds is 5. The molecule has 1 aliphatic heterocycles. The number of ether oxygens (including phenoxy) is 1. The summed E-state index contributed by atoms with van der Waals surface area (Å²) in [6.45, 7) is 7.29. The van der Waals surface area contributed by atoms with Crippen molar-refractivity contribution in [2.45, 2.75) is 49.6 Å². The number of hydrogen-bond donors (Lipinski definition) is 0. The summed E-state index contributed by atoms with van der Waals surface area (Å²) in [5.41, 5.74) is -0.420. The van der Waals surface area contributed by atoms with E-state index in [1.165, 1.54) is 10.4 Å². The Morgan fingerprint density at radius 3 is 2.17 bits per heavy atom. The van der Waals surface area contributed by atoms with Crippen LogP contribution < -0.4 is 10.4 Å². The van der Waals surface area contributed by atoms with Crippen molar-refractivity contribution < 1.29 is 14.0 Å². The number of carbonyl (C=O) groups is 1. The molecular formula is C25H29BrO3Si. The zero-order valence-electron chi connectivity index (χ0n) is 17.8. The molecule has 1 fully saturated rings. The van der Waals surface area contributed by atoms with Gasteiger partial charge >= 0.3 is 5.97 Å². The fraction of sp³-hybridized carbons (Fsp3) is 0.400. The molecule has 1 saturated heterocycles.